The largest absolute Gasteiger partial charge is 0.478 e. The summed E-state index contributed by atoms with van der Waals surface area (Å²) in [6.07, 6.45) is 0. The molecule has 19 heavy (non-hydrogen) atoms. The Morgan fingerprint density at radius 1 is 1.26 bits per heavy atom. The highest BCUT2D eigenvalue weighted by Crippen LogP contribution is 2.27. The van der Waals surface area contributed by atoms with Crippen molar-refractivity contribution in [2.45, 2.75) is 0 Å². The molecule has 1 aromatic rings. The van der Waals surface area contributed by atoms with Crippen LogP contribution in [-0.4, -0.2) is 41.3 Å². The first-order valence-electron chi connectivity index (χ1n) is 4.60. The summed E-state index contributed by atoms with van der Waals surface area (Å²) in [5.74, 6) is -3.01. The number of non-ortho nitro benzene ring substituents is 1. The molecule has 1 aromatic carbocycles. The molecular weight excluding hydrogens is 326 g/mol. The van der Waals surface area contributed by atoms with Crippen molar-refractivity contribution in [3.8, 4) is 0 Å². The number of carbonyl (C=O) groups is 2. The topological polar surface area (TPSA) is 127 Å². The first-order chi connectivity index (χ1) is 8.76. The maximum atomic E-state index is 10.8. The van der Waals surface area contributed by atoms with Crippen LogP contribution in [0.3, 0.4) is 0 Å². The van der Waals surface area contributed by atoms with Crippen molar-refractivity contribution >= 4 is 33.6 Å². The van der Waals surface area contributed by atoms with Crippen molar-refractivity contribution in [3.63, 3.8) is 0 Å². The van der Waals surface area contributed by atoms with E-state index in [0.717, 1.165) is 6.07 Å². The van der Waals surface area contributed by atoms with E-state index in [4.69, 9.17) is 10.2 Å². The van der Waals surface area contributed by atoms with Gasteiger partial charge in [0.15, 0.2) is 0 Å². The van der Waals surface area contributed by atoms with E-state index in [9.17, 15) is 19.7 Å². The number of ether oxygens (including phenoxy) is 1. The number of hydrogen-bond donors (Lipinski definition) is 2. The lowest BCUT2D eigenvalue weighted by Gasteiger charge is -2.03. The molecule has 2 N–H and O–H groups in total. The Morgan fingerprint density at radius 2 is 1.74 bits per heavy atom. The number of nitro groups is 1. The Balaban J connectivity index is 0.000000982. The van der Waals surface area contributed by atoms with Crippen molar-refractivity contribution in [2.24, 2.45) is 0 Å². The Morgan fingerprint density at radius 3 is 2.05 bits per heavy atom. The van der Waals surface area contributed by atoms with Crippen LogP contribution in [0.1, 0.15) is 20.7 Å². The predicted molar refractivity (Wildman–Crippen MR) is 67.6 cm³/mol. The maximum absolute atomic E-state index is 10.8. The average molecular weight is 336 g/mol. The van der Waals surface area contributed by atoms with Crippen molar-refractivity contribution in [2.75, 3.05) is 14.2 Å². The van der Waals surface area contributed by atoms with Crippen LogP contribution >= 0.6 is 15.9 Å². The molecule has 0 spiro atoms. The minimum absolute atomic E-state index is 0.147. The van der Waals surface area contributed by atoms with Crippen LogP contribution in [0.25, 0.3) is 0 Å². The Bertz CT molecular complexity index is 515. The molecule has 0 fully saturated rings. The Kier molecular flexibility index (Phi) is 6.66. The molecule has 0 aliphatic heterocycles. The molecule has 1 rings (SSSR count). The van der Waals surface area contributed by atoms with E-state index in [0.29, 0.717) is 6.07 Å². The summed E-state index contributed by atoms with van der Waals surface area (Å²) in [4.78, 5) is 31.2. The normalized spacial score (nSPS) is 9.21. The zero-order valence-electron chi connectivity index (χ0n) is 9.92. The molecule has 0 amide bonds. The van der Waals surface area contributed by atoms with Gasteiger partial charge in [0.1, 0.15) is 0 Å². The fourth-order valence-corrected chi connectivity index (χ4v) is 1.70. The van der Waals surface area contributed by atoms with Crippen molar-refractivity contribution in [1.82, 2.24) is 0 Å². The van der Waals surface area contributed by atoms with Gasteiger partial charge in [-0.3, -0.25) is 10.1 Å². The molecule has 0 atom stereocenters. The van der Waals surface area contributed by atoms with Gasteiger partial charge in [0.05, 0.1) is 16.1 Å². The maximum Gasteiger partial charge on any atom is 0.337 e. The second-order valence-electron chi connectivity index (χ2n) is 3.13. The van der Waals surface area contributed by atoms with Gasteiger partial charge in [-0.1, -0.05) is 0 Å². The Labute approximate surface area is 115 Å². The van der Waals surface area contributed by atoms with Crippen LogP contribution in [0.4, 0.5) is 5.69 Å². The molecule has 9 heteroatoms. The quantitative estimate of drug-likeness (QED) is 0.638. The van der Waals surface area contributed by atoms with Crippen LogP contribution in [0.5, 0.6) is 0 Å². The van der Waals surface area contributed by atoms with Crippen LogP contribution in [-0.2, 0) is 4.74 Å². The van der Waals surface area contributed by atoms with E-state index < -0.39 is 33.7 Å². The van der Waals surface area contributed by atoms with Crippen LogP contribution in [0, 0.1) is 10.1 Å². The lowest BCUT2D eigenvalue weighted by atomic mass is 10.1. The van der Waals surface area contributed by atoms with Crippen molar-refractivity contribution in [1.29, 1.82) is 0 Å². The molecular formula is C10H10BrNO7. The van der Waals surface area contributed by atoms with E-state index in [1.165, 1.54) is 0 Å². The van der Waals surface area contributed by atoms with Gasteiger partial charge < -0.3 is 14.9 Å². The molecule has 0 unspecified atom stereocenters. The van der Waals surface area contributed by atoms with Gasteiger partial charge in [0, 0.05) is 30.8 Å². The van der Waals surface area contributed by atoms with Gasteiger partial charge in [-0.25, -0.2) is 9.59 Å². The number of aromatic carboxylic acids is 2. The number of carboxylic acid groups (broad SMARTS) is 2. The summed E-state index contributed by atoms with van der Waals surface area (Å²) >= 11 is 2.79. The number of methoxy groups -OCH3 is 1. The van der Waals surface area contributed by atoms with E-state index in [1.807, 2.05) is 0 Å². The highest BCUT2D eigenvalue weighted by molar-refractivity contribution is 9.10. The van der Waals surface area contributed by atoms with Crippen LogP contribution in [0.2, 0.25) is 0 Å². The molecule has 0 aliphatic rings. The summed E-state index contributed by atoms with van der Waals surface area (Å²) in [6, 6.07) is 1.65. The fraction of sp³-hybridized carbons (Fsp3) is 0.200. The minimum Gasteiger partial charge on any atom is -0.478 e. The molecule has 8 nitrogen and oxygen atoms in total. The lowest BCUT2D eigenvalue weighted by molar-refractivity contribution is -0.385. The number of halogens is 1. The number of benzene rings is 1. The van der Waals surface area contributed by atoms with Gasteiger partial charge in [-0.2, -0.15) is 0 Å². The summed E-state index contributed by atoms with van der Waals surface area (Å²) in [6.45, 7) is 0. The molecule has 104 valence electrons. The smallest absolute Gasteiger partial charge is 0.337 e. The number of hydrogen-bond acceptors (Lipinski definition) is 5. The van der Waals surface area contributed by atoms with Crippen LogP contribution < -0.4 is 0 Å². The monoisotopic (exact) mass is 335 g/mol. The molecule has 0 bridgehead atoms. The number of nitro benzene ring substituents is 1. The second kappa shape index (κ2) is 7.44. The van der Waals surface area contributed by atoms with E-state index in [1.54, 1.807) is 14.2 Å². The molecule has 0 aliphatic carbocycles. The molecule has 0 saturated heterocycles. The summed E-state index contributed by atoms with van der Waals surface area (Å²) < 4.78 is 4.10. The van der Waals surface area contributed by atoms with E-state index >= 15 is 0 Å². The number of rotatable bonds is 3. The van der Waals surface area contributed by atoms with E-state index in [-0.39, 0.29) is 4.47 Å². The molecule has 0 radical (unpaired) electrons. The third kappa shape index (κ3) is 4.64. The third-order valence-electron chi connectivity index (χ3n) is 1.73. The van der Waals surface area contributed by atoms with Crippen molar-refractivity contribution < 1.29 is 29.5 Å². The van der Waals surface area contributed by atoms with Gasteiger partial charge >= 0.3 is 11.9 Å². The minimum atomic E-state index is -1.54. The summed E-state index contributed by atoms with van der Waals surface area (Å²) in [7, 11) is 3.25. The fourth-order valence-electron chi connectivity index (χ4n) is 1.08. The average Bonchev–Trinajstić information content (AvgIpc) is 2.27. The number of carboxylic acids is 2. The van der Waals surface area contributed by atoms with Gasteiger partial charge in [0.2, 0.25) is 0 Å². The first kappa shape index (κ1) is 17.0. The third-order valence-corrected chi connectivity index (χ3v) is 2.36. The van der Waals surface area contributed by atoms with Gasteiger partial charge in [0.25, 0.3) is 5.69 Å². The standard InChI is InChI=1S/C8H4BrNO6.C2H6O/c9-5-2-3(10(15)16)1-4(7(11)12)6(5)8(13)14;1-3-2/h1-2H,(H,11,12)(H,13,14);1-2H3. The summed E-state index contributed by atoms with van der Waals surface area (Å²) in [5, 5.41) is 28.0. The van der Waals surface area contributed by atoms with Crippen molar-refractivity contribution in [3.05, 3.63) is 37.8 Å². The van der Waals surface area contributed by atoms with E-state index in [2.05, 4.69) is 20.7 Å². The summed E-state index contributed by atoms with van der Waals surface area (Å²) in [5.41, 5.74) is -1.64. The highest BCUT2D eigenvalue weighted by atomic mass is 79.9. The zero-order chi connectivity index (χ0) is 15.2. The number of nitrogens with zero attached hydrogens (tertiary/aromatic N) is 1. The molecule has 0 saturated carbocycles. The molecule has 0 aromatic heterocycles. The second-order valence-corrected chi connectivity index (χ2v) is 3.98. The zero-order valence-corrected chi connectivity index (χ0v) is 11.5. The van der Waals surface area contributed by atoms with Gasteiger partial charge in [-0.15, -0.1) is 0 Å². The molecule has 0 heterocycles. The lowest BCUT2D eigenvalue weighted by Crippen LogP contribution is -2.09. The first-order valence-corrected chi connectivity index (χ1v) is 5.40. The van der Waals surface area contributed by atoms with Gasteiger partial charge in [-0.05, 0) is 15.9 Å². The van der Waals surface area contributed by atoms with Crippen LogP contribution in [0.15, 0.2) is 16.6 Å². The highest BCUT2D eigenvalue weighted by Gasteiger charge is 2.23. The predicted octanol–water partition coefficient (Wildman–Crippen LogP) is 2.02. The SMILES string of the molecule is COC.O=C(O)c1cc([N+](=O)[O-])cc(Br)c1C(=O)O. The Hall–Kier alpha value is -2.00.